The molecule has 2 rings (SSSR count). The van der Waals surface area contributed by atoms with Crippen LogP contribution in [0.1, 0.15) is 24.1 Å². The maximum absolute atomic E-state index is 5.78. The summed E-state index contributed by atoms with van der Waals surface area (Å²) in [6.07, 6.45) is 2.37. The van der Waals surface area contributed by atoms with E-state index in [0.717, 1.165) is 17.1 Å². The average molecular weight is 237 g/mol. The average Bonchev–Trinajstić information content (AvgIpc) is 3.02. The molecule has 1 aromatic heterocycles. The van der Waals surface area contributed by atoms with Gasteiger partial charge in [0.25, 0.3) is 0 Å². The number of aromatic nitrogens is 2. The lowest BCUT2D eigenvalue weighted by Gasteiger charge is -2.04. The minimum atomic E-state index is 0.494. The fourth-order valence-corrected chi connectivity index (χ4v) is 1.76. The number of aliphatic imine (C=N–C) groups is 1. The molecule has 0 unspecified atom stereocenters. The Morgan fingerprint density at radius 3 is 2.94 bits per heavy atom. The molecule has 1 aliphatic rings. The van der Waals surface area contributed by atoms with Crippen LogP contribution < -0.4 is 15.8 Å². The van der Waals surface area contributed by atoms with Gasteiger partial charge in [-0.15, -0.1) is 0 Å². The number of hydrogen-bond donors (Lipinski definition) is 2. The molecule has 0 amide bonds. The zero-order chi connectivity index (χ0) is 12.4. The van der Waals surface area contributed by atoms with Crippen molar-refractivity contribution in [1.82, 2.24) is 15.1 Å². The van der Waals surface area contributed by atoms with E-state index in [1.807, 2.05) is 14.0 Å². The van der Waals surface area contributed by atoms with E-state index in [4.69, 9.17) is 10.5 Å². The Morgan fingerprint density at radius 1 is 1.65 bits per heavy atom. The zero-order valence-electron chi connectivity index (χ0n) is 10.5. The summed E-state index contributed by atoms with van der Waals surface area (Å²) in [6.45, 7) is 2.44. The van der Waals surface area contributed by atoms with Gasteiger partial charge in [0.05, 0.1) is 24.9 Å². The molecule has 6 heteroatoms. The first-order valence-corrected chi connectivity index (χ1v) is 5.74. The fraction of sp³-hybridized carbons (Fsp3) is 0.636. The van der Waals surface area contributed by atoms with Crippen LogP contribution in [-0.2, 0) is 13.6 Å². The first kappa shape index (κ1) is 11.8. The summed E-state index contributed by atoms with van der Waals surface area (Å²) in [5, 5.41) is 7.44. The Kier molecular flexibility index (Phi) is 3.21. The molecule has 1 aromatic rings. The predicted octanol–water partition coefficient (Wildman–Crippen LogP) is 0.304. The van der Waals surface area contributed by atoms with Gasteiger partial charge in [-0.25, -0.2) is 9.67 Å². The molecule has 1 heterocycles. The Morgan fingerprint density at radius 2 is 2.35 bits per heavy atom. The molecule has 0 radical (unpaired) electrons. The second kappa shape index (κ2) is 4.65. The molecule has 6 nitrogen and oxygen atoms in total. The topological polar surface area (TPSA) is 77.5 Å². The quantitative estimate of drug-likeness (QED) is 0.583. The highest BCUT2D eigenvalue weighted by atomic mass is 16.5. The van der Waals surface area contributed by atoms with Crippen molar-refractivity contribution >= 4 is 5.96 Å². The van der Waals surface area contributed by atoms with E-state index in [0.29, 0.717) is 18.5 Å². The summed E-state index contributed by atoms with van der Waals surface area (Å²) < 4.78 is 7.01. The van der Waals surface area contributed by atoms with Gasteiger partial charge in [-0.05, 0) is 19.8 Å². The molecule has 3 N–H and O–H groups in total. The minimum Gasteiger partial charge on any atom is -0.481 e. The number of nitrogens with zero attached hydrogens (tertiary/aromatic N) is 3. The van der Waals surface area contributed by atoms with Crippen molar-refractivity contribution < 1.29 is 4.74 Å². The highest BCUT2D eigenvalue weighted by Crippen LogP contribution is 2.22. The van der Waals surface area contributed by atoms with Crippen LogP contribution in [0.3, 0.4) is 0 Å². The fourth-order valence-electron chi connectivity index (χ4n) is 1.76. The minimum absolute atomic E-state index is 0.494. The van der Waals surface area contributed by atoms with Crippen LogP contribution in [0.4, 0.5) is 0 Å². The number of guanidine groups is 1. The van der Waals surface area contributed by atoms with Gasteiger partial charge in [-0.2, -0.15) is 5.10 Å². The van der Waals surface area contributed by atoms with Crippen molar-refractivity contribution in [3.63, 3.8) is 0 Å². The first-order valence-electron chi connectivity index (χ1n) is 5.74. The summed E-state index contributed by atoms with van der Waals surface area (Å²) >= 11 is 0. The van der Waals surface area contributed by atoms with E-state index in [9.17, 15) is 0 Å². The molecule has 0 spiro atoms. The number of nitrogens with two attached hydrogens (primary N) is 1. The van der Waals surface area contributed by atoms with Crippen LogP contribution in [0, 0.1) is 6.92 Å². The van der Waals surface area contributed by atoms with Gasteiger partial charge >= 0.3 is 0 Å². The summed E-state index contributed by atoms with van der Waals surface area (Å²) in [5.41, 5.74) is 7.69. The lowest BCUT2D eigenvalue weighted by molar-refractivity contribution is 0.369. The lowest BCUT2D eigenvalue weighted by Crippen LogP contribution is -2.33. The number of hydrogen-bond acceptors (Lipinski definition) is 3. The van der Waals surface area contributed by atoms with Gasteiger partial charge < -0.3 is 15.8 Å². The van der Waals surface area contributed by atoms with Crippen LogP contribution >= 0.6 is 0 Å². The SMILES string of the molecule is COc1c(CN=C(N)NC2CC2)c(C)nn1C. The number of ether oxygens (including phenoxy) is 1. The van der Waals surface area contributed by atoms with Gasteiger partial charge in [0.1, 0.15) is 0 Å². The molecular weight excluding hydrogens is 218 g/mol. The second-order valence-corrected chi connectivity index (χ2v) is 4.32. The van der Waals surface area contributed by atoms with Gasteiger partial charge in [0.15, 0.2) is 5.96 Å². The van der Waals surface area contributed by atoms with E-state index in [1.165, 1.54) is 12.8 Å². The maximum Gasteiger partial charge on any atom is 0.216 e. The highest BCUT2D eigenvalue weighted by Gasteiger charge is 2.21. The van der Waals surface area contributed by atoms with E-state index in [1.54, 1.807) is 11.8 Å². The highest BCUT2D eigenvalue weighted by molar-refractivity contribution is 5.78. The summed E-state index contributed by atoms with van der Waals surface area (Å²) in [6, 6.07) is 0.524. The third-order valence-corrected chi connectivity index (χ3v) is 2.82. The molecule has 0 aliphatic heterocycles. The molecule has 1 aliphatic carbocycles. The smallest absolute Gasteiger partial charge is 0.216 e. The van der Waals surface area contributed by atoms with Crippen LogP contribution in [0.15, 0.2) is 4.99 Å². The third-order valence-electron chi connectivity index (χ3n) is 2.82. The number of rotatable bonds is 4. The molecule has 17 heavy (non-hydrogen) atoms. The predicted molar refractivity (Wildman–Crippen MR) is 66.0 cm³/mol. The van der Waals surface area contributed by atoms with Crippen molar-refractivity contribution in [3.8, 4) is 5.88 Å². The van der Waals surface area contributed by atoms with Crippen LogP contribution in [0.2, 0.25) is 0 Å². The Hall–Kier alpha value is -1.72. The van der Waals surface area contributed by atoms with Gasteiger partial charge in [0, 0.05) is 13.1 Å². The van der Waals surface area contributed by atoms with Crippen LogP contribution in [-0.4, -0.2) is 28.9 Å². The molecule has 0 aromatic carbocycles. The third kappa shape index (κ3) is 2.69. The molecule has 1 saturated carbocycles. The van der Waals surface area contributed by atoms with E-state index in [-0.39, 0.29) is 0 Å². The van der Waals surface area contributed by atoms with E-state index < -0.39 is 0 Å². The zero-order valence-corrected chi connectivity index (χ0v) is 10.5. The van der Waals surface area contributed by atoms with Crippen LogP contribution in [0.5, 0.6) is 5.88 Å². The van der Waals surface area contributed by atoms with E-state index in [2.05, 4.69) is 15.4 Å². The summed E-state index contributed by atoms with van der Waals surface area (Å²) in [7, 11) is 3.49. The van der Waals surface area contributed by atoms with Crippen molar-refractivity contribution in [3.05, 3.63) is 11.3 Å². The monoisotopic (exact) mass is 237 g/mol. The molecule has 0 bridgehead atoms. The number of methoxy groups -OCH3 is 1. The van der Waals surface area contributed by atoms with Crippen molar-refractivity contribution in [2.75, 3.05) is 7.11 Å². The Balaban J connectivity index is 2.06. The molecule has 94 valence electrons. The Bertz CT molecular complexity index is 433. The lowest BCUT2D eigenvalue weighted by atomic mass is 10.2. The van der Waals surface area contributed by atoms with Crippen LogP contribution in [0.25, 0.3) is 0 Å². The Labute approximate surface area is 101 Å². The van der Waals surface area contributed by atoms with Gasteiger partial charge in [-0.3, -0.25) is 0 Å². The first-order chi connectivity index (χ1) is 8.11. The van der Waals surface area contributed by atoms with Crippen molar-refractivity contribution in [1.29, 1.82) is 0 Å². The van der Waals surface area contributed by atoms with E-state index >= 15 is 0 Å². The van der Waals surface area contributed by atoms with Crippen molar-refractivity contribution in [2.45, 2.75) is 32.4 Å². The van der Waals surface area contributed by atoms with Crippen molar-refractivity contribution in [2.24, 2.45) is 17.8 Å². The standard InChI is InChI=1S/C11H19N5O/c1-7-9(10(17-3)16(2)15-7)6-13-11(12)14-8-4-5-8/h8H,4-6H2,1-3H3,(H3,12,13,14). The summed E-state index contributed by atoms with van der Waals surface area (Å²) in [4.78, 5) is 4.31. The normalized spacial score (nSPS) is 16.1. The second-order valence-electron chi connectivity index (χ2n) is 4.32. The maximum atomic E-state index is 5.78. The molecule has 0 saturated heterocycles. The van der Waals surface area contributed by atoms with Gasteiger partial charge in [-0.1, -0.05) is 0 Å². The molecule has 1 fully saturated rings. The summed E-state index contributed by atoms with van der Waals surface area (Å²) in [5.74, 6) is 1.24. The largest absolute Gasteiger partial charge is 0.481 e. The number of aryl methyl sites for hydroxylation is 2. The molecular formula is C11H19N5O. The number of nitrogens with one attached hydrogen (secondary N) is 1. The molecule has 0 atom stereocenters. The van der Waals surface area contributed by atoms with Gasteiger partial charge in [0.2, 0.25) is 5.88 Å².